The molecule has 112 valence electrons. The molecule has 0 spiro atoms. The molecule has 0 fully saturated rings. The number of rotatable bonds is 5. The number of hydrogen-bond donors (Lipinski definition) is 3. The van der Waals surface area contributed by atoms with Gasteiger partial charge in [0.15, 0.2) is 0 Å². The highest BCUT2D eigenvalue weighted by atomic mass is 35.5. The standard InChI is InChI=1S/C14H21N3O2.ClH/c1-4-16-14(19)11-7-5-6-8-12(11)17-13(18)9(2)10(3)15;/h5-10H,4,15H2,1-3H3,(H,16,19)(H,17,18);1H. The molecule has 0 aliphatic heterocycles. The van der Waals surface area contributed by atoms with E-state index in [2.05, 4.69) is 10.6 Å². The summed E-state index contributed by atoms with van der Waals surface area (Å²) in [6.07, 6.45) is 0. The lowest BCUT2D eigenvalue weighted by Gasteiger charge is -2.17. The number of carbonyl (C=O) groups excluding carboxylic acids is 2. The Labute approximate surface area is 125 Å². The summed E-state index contributed by atoms with van der Waals surface area (Å²) < 4.78 is 0. The van der Waals surface area contributed by atoms with Crippen LogP contribution in [-0.2, 0) is 4.79 Å². The van der Waals surface area contributed by atoms with Crippen LogP contribution in [0.1, 0.15) is 31.1 Å². The monoisotopic (exact) mass is 299 g/mol. The first-order valence-corrected chi connectivity index (χ1v) is 6.41. The maximum absolute atomic E-state index is 12.0. The number of benzene rings is 1. The first-order valence-electron chi connectivity index (χ1n) is 6.41. The highest BCUT2D eigenvalue weighted by Crippen LogP contribution is 2.16. The summed E-state index contributed by atoms with van der Waals surface area (Å²) in [5.74, 6) is -0.708. The third-order valence-electron chi connectivity index (χ3n) is 2.97. The van der Waals surface area contributed by atoms with Gasteiger partial charge in [-0.05, 0) is 26.0 Å². The molecule has 0 bridgehead atoms. The van der Waals surface area contributed by atoms with E-state index in [9.17, 15) is 9.59 Å². The molecule has 0 aromatic heterocycles. The van der Waals surface area contributed by atoms with Gasteiger partial charge in [0.25, 0.3) is 5.91 Å². The number of halogens is 1. The SMILES string of the molecule is CCNC(=O)c1ccccc1NC(=O)C(C)C(C)N.Cl. The molecule has 0 heterocycles. The van der Waals surface area contributed by atoms with Gasteiger partial charge in [0.1, 0.15) is 0 Å². The predicted octanol–water partition coefficient (Wildman–Crippen LogP) is 1.78. The summed E-state index contributed by atoms with van der Waals surface area (Å²) in [5, 5.41) is 5.46. The van der Waals surface area contributed by atoms with Crippen molar-refractivity contribution in [3.8, 4) is 0 Å². The van der Waals surface area contributed by atoms with Gasteiger partial charge >= 0.3 is 0 Å². The van der Waals surface area contributed by atoms with E-state index in [1.807, 2.05) is 6.92 Å². The van der Waals surface area contributed by atoms with Crippen molar-refractivity contribution in [3.63, 3.8) is 0 Å². The van der Waals surface area contributed by atoms with Gasteiger partial charge in [-0.15, -0.1) is 12.4 Å². The molecular weight excluding hydrogens is 278 g/mol. The topological polar surface area (TPSA) is 84.2 Å². The van der Waals surface area contributed by atoms with E-state index in [-0.39, 0.29) is 36.2 Å². The average molecular weight is 300 g/mol. The summed E-state index contributed by atoms with van der Waals surface area (Å²) in [6.45, 7) is 5.92. The molecule has 5 nitrogen and oxygen atoms in total. The van der Waals surface area contributed by atoms with Crippen molar-refractivity contribution in [1.82, 2.24) is 5.32 Å². The summed E-state index contributed by atoms with van der Waals surface area (Å²) >= 11 is 0. The van der Waals surface area contributed by atoms with Crippen LogP contribution >= 0.6 is 12.4 Å². The van der Waals surface area contributed by atoms with Gasteiger partial charge in [-0.25, -0.2) is 0 Å². The third-order valence-corrected chi connectivity index (χ3v) is 2.97. The van der Waals surface area contributed by atoms with Crippen LogP contribution in [-0.4, -0.2) is 24.4 Å². The molecule has 0 aliphatic rings. The summed E-state index contributed by atoms with van der Waals surface area (Å²) in [5.41, 5.74) is 6.65. The smallest absolute Gasteiger partial charge is 0.253 e. The second-order valence-corrected chi connectivity index (χ2v) is 4.54. The van der Waals surface area contributed by atoms with Crippen molar-refractivity contribution in [3.05, 3.63) is 29.8 Å². The van der Waals surface area contributed by atoms with Crippen LogP contribution in [0.25, 0.3) is 0 Å². The molecule has 1 aromatic carbocycles. The fraction of sp³-hybridized carbons (Fsp3) is 0.429. The van der Waals surface area contributed by atoms with E-state index >= 15 is 0 Å². The Kier molecular flexibility index (Phi) is 7.87. The number of para-hydroxylation sites is 1. The molecule has 6 heteroatoms. The molecule has 0 aliphatic carbocycles. The zero-order valence-corrected chi connectivity index (χ0v) is 12.8. The van der Waals surface area contributed by atoms with E-state index in [0.29, 0.717) is 17.8 Å². The minimum atomic E-state index is -0.317. The number of hydrogen-bond acceptors (Lipinski definition) is 3. The molecule has 0 saturated carbocycles. The second-order valence-electron chi connectivity index (χ2n) is 4.54. The molecule has 1 rings (SSSR count). The largest absolute Gasteiger partial charge is 0.352 e. The molecular formula is C14H22ClN3O2. The van der Waals surface area contributed by atoms with Crippen LogP contribution in [0.2, 0.25) is 0 Å². The summed E-state index contributed by atoms with van der Waals surface area (Å²) in [4.78, 5) is 23.8. The number of anilines is 1. The van der Waals surface area contributed by atoms with E-state index < -0.39 is 0 Å². The number of amides is 2. The van der Waals surface area contributed by atoms with Gasteiger partial charge in [-0.1, -0.05) is 19.1 Å². The van der Waals surface area contributed by atoms with Gasteiger partial charge in [0, 0.05) is 12.6 Å². The van der Waals surface area contributed by atoms with E-state index in [1.54, 1.807) is 38.1 Å². The zero-order chi connectivity index (χ0) is 14.4. The van der Waals surface area contributed by atoms with Crippen molar-refractivity contribution < 1.29 is 9.59 Å². The van der Waals surface area contributed by atoms with Gasteiger partial charge in [0.05, 0.1) is 17.2 Å². The van der Waals surface area contributed by atoms with Crippen LogP contribution in [0.5, 0.6) is 0 Å². The van der Waals surface area contributed by atoms with Crippen molar-refractivity contribution in [2.24, 2.45) is 11.7 Å². The molecule has 2 amide bonds. The Bertz CT molecular complexity index is 463. The van der Waals surface area contributed by atoms with Gasteiger partial charge in [-0.2, -0.15) is 0 Å². The van der Waals surface area contributed by atoms with E-state index in [1.165, 1.54) is 0 Å². The third kappa shape index (κ3) is 4.83. The fourth-order valence-corrected chi connectivity index (χ4v) is 1.53. The molecule has 0 saturated heterocycles. The fourth-order valence-electron chi connectivity index (χ4n) is 1.53. The molecule has 4 N–H and O–H groups in total. The van der Waals surface area contributed by atoms with Gasteiger partial charge in [0.2, 0.25) is 5.91 Å². The first kappa shape index (κ1) is 18.4. The quantitative estimate of drug-likeness (QED) is 0.775. The maximum Gasteiger partial charge on any atom is 0.253 e. The highest BCUT2D eigenvalue weighted by Gasteiger charge is 2.19. The Hall–Kier alpha value is -1.59. The highest BCUT2D eigenvalue weighted by molar-refractivity contribution is 6.04. The van der Waals surface area contributed by atoms with E-state index in [0.717, 1.165) is 0 Å². The summed E-state index contributed by atoms with van der Waals surface area (Å²) in [7, 11) is 0. The predicted molar refractivity (Wildman–Crippen MR) is 83.1 cm³/mol. The number of nitrogens with two attached hydrogens (primary N) is 1. The molecule has 2 unspecified atom stereocenters. The lowest BCUT2D eigenvalue weighted by molar-refractivity contribution is -0.119. The zero-order valence-electron chi connectivity index (χ0n) is 12.0. The van der Waals surface area contributed by atoms with Crippen LogP contribution < -0.4 is 16.4 Å². The van der Waals surface area contributed by atoms with Crippen molar-refractivity contribution in [2.45, 2.75) is 26.8 Å². The molecule has 2 atom stereocenters. The van der Waals surface area contributed by atoms with E-state index in [4.69, 9.17) is 5.73 Å². The second kappa shape index (κ2) is 8.55. The molecule has 0 radical (unpaired) electrons. The number of carbonyl (C=O) groups is 2. The first-order chi connectivity index (χ1) is 8.97. The molecule has 1 aromatic rings. The lowest BCUT2D eigenvalue weighted by atomic mass is 10.0. The van der Waals surface area contributed by atoms with Crippen LogP contribution in [0.15, 0.2) is 24.3 Å². The van der Waals surface area contributed by atoms with Gasteiger partial charge in [-0.3, -0.25) is 9.59 Å². The molecule has 20 heavy (non-hydrogen) atoms. The van der Waals surface area contributed by atoms with Crippen molar-refractivity contribution in [2.75, 3.05) is 11.9 Å². The minimum Gasteiger partial charge on any atom is -0.352 e. The lowest BCUT2D eigenvalue weighted by Crippen LogP contribution is -2.35. The van der Waals surface area contributed by atoms with Gasteiger partial charge < -0.3 is 16.4 Å². The number of nitrogens with one attached hydrogen (secondary N) is 2. The normalized spacial score (nSPS) is 12.8. The minimum absolute atomic E-state index is 0. The Morgan fingerprint density at radius 3 is 2.40 bits per heavy atom. The Balaban J connectivity index is 0.00000361. The Morgan fingerprint density at radius 2 is 1.85 bits per heavy atom. The summed E-state index contributed by atoms with van der Waals surface area (Å²) in [6, 6.07) is 6.68. The maximum atomic E-state index is 12.0. The van der Waals surface area contributed by atoms with Crippen molar-refractivity contribution >= 4 is 29.9 Å². The van der Waals surface area contributed by atoms with Crippen LogP contribution in [0.3, 0.4) is 0 Å². The van der Waals surface area contributed by atoms with Crippen LogP contribution in [0, 0.1) is 5.92 Å². The van der Waals surface area contributed by atoms with Crippen molar-refractivity contribution in [1.29, 1.82) is 0 Å². The average Bonchev–Trinajstić information content (AvgIpc) is 2.38. The van der Waals surface area contributed by atoms with Crippen LogP contribution in [0.4, 0.5) is 5.69 Å². The Morgan fingerprint density at radius 1 is 1.25 bits per heavy atom.